The maximum atomic E-state index is 12.6. The van der Waals surface area contributed by atoms with E-state index in [0.717, 1.165) is 0 Å². The third-order valence-corrected chi connectivity index (χ3v) is 2.83. The Bertz CT molecular complexity index is 427. The lowest BCUT2D eigenvalue weighted by Crippen LogP contribution is -2.42. The summed E-state index contributed by atoms with van der Waals surface area (Å²) in [5, 5.41) is -2.26. The molecule has 0 aliphatic rings. The highest BCUT2D eigenvalue weighted by atomic mass is 32.2. The summed E-state index contributed by atoms with van der Waals surface area (Å²) in [5.74, 6) is -4.97. The summed E-state index contributed by atoms with van der Waals surface area (Å²) in [7, 11) is 1.37. The number of alkyl halides is 5. The molecule has 0 aliphatic carbocycles. The summed E-state index contributed by atoms with van der Waals surface area (Å²) in [6.45, 7) is 0. The largest absolute Gasteiger partial charge is 0.497 e. The van der Waals surface area contributed by atoms with Crippen molar-refractivity contribution in [1.29, 1.82) is 0 Å². The molecule has 0 aliphatic heterocycles. The topological polar surface area (TPSA) is 26.3 Å². The van der Waals surface area contributed by atoms with E-state index in [1.54, 1.807) is 0 Å². The summed E-state index contributed by atoms with van der Waals surface area (Å²) >= 11 is -0.168. The SMILES string of the molecule is COc1ccc(SC(=O)C(F)(F)C(F)(F)F)cc1. The molecular formula is C10H7F5O2S. The summed E-state index contributed by atoms with van der Waals surface area (Å²) in [5.41, 5.74) is 0. The van der Waals surface area contributed by atoms with Crippen LogP contribution in [0.3, 0.4) is 0 Å². The minimum atomic E-state index is -5.89. The first-order valence-corrected chi connectivity index (χ1v) is 5.31. The number of ether oxygens (including phenoxy) is 1. The standard InChI is InChI=1S/C10H7F5O2S/c1-17-6-2-4-7(5-3-6)18-8(16)9(11,12)10(13,14)15/h2-5H,1H3. The molecule has 1 aromatic carbocycles. The Kier molecular flexibility index (Phi) is 4.20. The van der Waals surface area contributed by atoms with Gasteiger partial charge in [0.15, 0.2) is 0 Å². The van der Waals surface area contributed by atoms with Crippen LogP contribution >= 0.6 is 11.8 Å². The number of methoxy groups -OCH3 is 1. The minimum Gasteiger partial charge on any atom is -0.497 e. The molecule has 0 bridgehead atoms. The van der Waals surface area contributed by atoms with Gasteiger partial charge in [-0.25, -0.2) is 0 Å². The van der Waals surface area contributed by atoms with Crippen molar-refractivity contribution in [1.82, 2.24) is 0 Å². The lowest BCUT2D eigenvalue weighted by molar-refractivity contribution is -0.264. The second kappa shape index (κ2) is 5.13. The molecule has 0 aromatic heterocycles. The molecule has 1 rings (SSSR count). The molecule has 0 N–H and O–H groups in total. The van der Waals surface area contributed by atoms with Crippen LogP contribution in [-0.2, 0) is 4.79 Å². The number of carbonyl (C=O) groups is 1. The molecule has 8 heteroatoms. The van der Waals surface area contributed by atoms with Crippen molar-refractivity contribution < 1.29 is 31.5 Å². The van der Waals surface area contributed by atoms with Crippen LogP contribution in [0.4, 0.5) is 22.0 Å². The molecule has 0 fully saturated rings. The van der Waals surface area contributed by atoms with Gasteiger partial charge in [0.2, 0.25) is 0 Å². The van der Waals surface area contributed by atoms with Gasteiger partial charge in [-0.1, -0.05) is 0 Å². The Morgan fingerprint density at radius 2 is 1.61 bits per heavy atom. The molecule has 0 radical (unpaired) electrons. The lowest BCUT2D eigenvalue weighted by Gasteiger charge is -2.17. The van der Waals surface area contributed by atoms with Crippen LogP contribution in [0, 0.1) is 0 Å². The minimum absolute atomic E-state index is 0.0234. The maximum Gasteiger partial charge on any atom is 0.462 e. The van der Waals surface area contributed by atoms with Crippen LogP contribution in [0.5, 0.6) is 5.75 Å². The van der Waals surface area contributed by atoms with Crippen LogP contribution in [0.1, 0.15) is 0 Å². The zero-order valence-electron chi connectivity index (χ0n) is 8.92. The first-order chi connectivity index (χ1) is 8.18. The Labute approximate surface area is 103 Å². The summed E-state index contributed by atoms with van der Waals surface area (Å²) in [4.78, 5) is 10.9. The molecule has 2 nitrogen and oxygen atoms in total. The van der Waals surface area contributed by atoms with E-state index in [1.165, 1.54) is 31.4 Å². The van der Waals surface area contributed by atoms with Gasteiger partial charge in [-0.15, -0.1) is 0 Å². The predicted molar refractivity (Wildman–Crippen MR) is 54.9 cm³/mol. The van der Waals surface area contributed by atoms with Gasteiger partial charge >= 0.3 is 12.1 Å². The lowest BCUT2D eigenvalue weighted by atomic mass is 10.3. The van der Waals surface area contributed by atoms with E-state index >= 15 is 0 Å². The normalized spacial score (nSPS) is 12.3. The van der Waals surface area contributed by atoms with E-state index in [0.29, 0.717) is 5.75 Å². The molecular weight excluding hydrogens is 279 g/mol. The van der Waals surface area contributed by atoms with Crippen molar-refractivity contribution in [3.8, 4) is 5.75 Å². The molecule has 0 unspecified atom stereocenters. The Balaban J connectivity index is 2.81. The van der Waals surface area contributed by atoms with Crippen molar-refractivity contribution in [2.45, 2.75) is 17.0 Å². The number of hydrogen-bond acceptors (Lipinski definition) is 3. The molecule has 0 atom stereocenters. The summed E-state index contributed by atoms with van der Waals surface area (Å²) < 4.78 is 65.7. The van der Waals surface area contributed by atoms with Gasteiger partial charge in [0.05, 0.1) is 7.11 Å². The highest BCUT2D eigenvalue weighted by molar-refractivity contribution is 8.13. The Morgan fingerprint density at radius 3 is 2.00 bits per heavy atom. The number of carbonyl (C=O) groups excluding carboxylic acids is 1. The van der Waals surface area contributed by atoms with Crippen LogP contribution in [0.25, 0.3) is 0 Å². The van der Waals surface area contributed by atoms with Crippen LogP contribution in [-0.4, -0.2) is 24.3 Å². The van der Waals surface area contributed by atoms with Crippen molar-refractivity contribution in [3.05, 3.63) is 24.3 Å². The van der Waals surface area contributed by atoms with E-state index in [-0.39, 0.29) is 16.7 Å². The van der Waals surface area contributed by atoms with Gasteiger partial charge in [-0.3, -0.25) is 4.79 Å². The molecule has 18 heavy (non-hydrogen) atoms. The van der Waals surface area contributed by atoms with E-state index in [1.807, 2.05) is 0 Å². The highest BCUT2D eigenvalue weighted by Crippen LogP contribution is 2.40. The summed E-state index contributed by atoms with van der Waals surface area (Å²) in [6, 6.07) is 5.13. The van der Waals surface area contributed by atoms with Gasteiger partial charge < -0.3 is 4.74 Å². The first-order valence-electron chi connectivity index (χ1n) is 4.49. The van der Waals surface area contributed by atoms with Crippen LogP contribution in [0.2, 0.25) is 0 Å². The average molecular weight is 286 g/mol. The Hall–Kier alpha value is -1.31. The van der Waals surface area contributed by atoms with Crippen molar-refractivity contribution in [3.63, 3.8) is 0 Å². The second-order valence-electron chi connectivity index (χ2n) is 3.14. The van der Waals surface area contributed by atoms with Gasteiger partial charge in [-0.05, 0) is 36.0 Å². The van der Waals surface area contributed by atoms with Crippen LogP contribution < -0.4 is 4.74 Å². The average Bonchev–Trinajstić information content (AvgIpc) is 2.28. The van der Waals surface area contributed by atoms with Gasteiger partial charge in [0.1, 0.15) is 5.75 Å². The Morgan fingerprint density at radius 1 is 1.11 bits per heavy atom. The predicted octanol–water partition coefficient (Wildman–Crippen LogP) is 3.51. The van der Waals surface area contributed by atoms with Crippen molar-refractivity contribution >= 4 is 16.9 Å². The number of thioether (sulfide) groups is 1. The second-order valence-corrected chi connectivity index (χ2v) is 4.18. The summed E-state index contributed by atoms with van der Waals surface area (Å²) in [6.07, 6.45) is -5.89. The maximum absolute atomic E-state index is 12.6. The van der Waals surface area contributed by atoms with E-state index in [9.17, 15) is 26.7 Å². The van der Waals surface area contributed by atoms with Crippen molar-refractivity contribution in [2.75, 3.05) is 7.11 Å². The molecule has 0 saturated carbocycles. The smallest absolute Gasteiger partial charge is 0.462 e. The van der Waals surface area contributed by atoms with Gasteiger partial charge in [0.25, 0.3) is 5.12 Å². The molecule has 0 amide bonds. The molecule has 0 spiro atoms. The zero-order chi connectivity index (χ0) is 14.0. The number of benzene rings is 1. The quantitative estimate of drug-likeness (QED) is 0.628. The fraction of sp³-hybridized carbons (Fsp3) is 0.300. The molecule has 0 heterocycles. The third kappa shape index (κ3) is 3.12. The number of halogens is 5. The first kappa shape index (κ1) is 14.7. The number of hydrogen-bond donors (Lipinski definition) is 0. The van der Waals surface area contributed by atoms with E-state index < -0.39 is 17.2 Å². The third-order valence-electron chi connectivity index (χ3n) is 1.88. The highest BCUT2D eigenvalue weighted by Gasteiger charge is 2.63. The molecule has 100 valence electrons. The monoisotopic (exact) mass is 286 g/mol. The van der Waals surface area contributed by atoms with Gasteiger partial charge in [0, 0.05) is 4.90 Å². The zero-order valence-corrected chi connectivity index (χ0v) is 9.74. The fourth-order valence-corrected chi connectivity index (χ4v) is 1.66. The van der Waals surface area contributed by atoms with E-state index in [4.69, 9.17) is 4.74 Å². The van der Waals surface area contributed by atoms with Crippen molar-refractivity contribution in [2.24, 2.45) is 0 Å². The molecule has 0 saturated heterocycles. The number of rotatable bonds is 3. The fourth-order valence-electron chi connectivity index (χ4n) is 0.931. The molecule has 1 aromatic rings. The van der Waals surface area contributed by atoms with Crippen LogP contribution in [0.15, 0.2) is 29.2 Å². The van der Waals surface area contributed by atoms with Gasteiger partial charge in [-0.2, -0.15) is 22.0 Å². The van der Waals surface area contributed by atoms with E-state index in [2.05, 4.69) is 0 Å².